The molecule has 1 spiro atoms. The van der Waals surface area contributed by atoms with Crippen molar-refractivity contribution in [1.29, 1.82) is 0 Å². The maximum absolute atomic E-state index is 5.98. The van der Waals surface area contributed by atoms with Gasteiger partial charge in [0.1, 0.15) is 18.5 Å². The number of benzene rings is 1. The molecule has 1 aromatic rings. The summed E-state index contributed by atoms with van der Waals surface area (Å²) >= 11 is 0. The minimum atomic E-state index is -0.302. The molecule has 1 aromatic carbocycles. The first-order chi connectivity index (χ1) is 8.76. The minimum Gasteiger partial charge on any atom is -0.491 e. The third kappa shape index (κ3) is 2.44. The van der Waals surface area contributed by atoms with Gasteiger partial charge in [0.25, 0.3) is 0 Å². The lowest BCUT2D eigenvalue weighted by Gasteiger charge is -2.21. The molecule has 4 heteroatoms. The third-order valence-electron chi connectivity index (χ3n) is 3.57. The predicted molar refractivity (Wildman–Crippen MR) is 68.4 cm³/mol. The SMILES string of the molecule is Nc1cccc(OCC2COC3(CCCC3)O2)c1. The summed E-state index contributed by atoms with van der Waals surface area (Å²) < 4.78 is 17.5. The van der Waals surface area contributed by atoms with Gasteiger partial charge in [-0.05, 0) is 25.0 Å². The molecule has 0 aromatic heterocycles. The highest BCUT2D eigenvalue weighted by Crippen LogP contribution is 2.39. The number of anilines is 1. The van der Waals surface area contributed by atoms with Gasteiger partial charge in [0.05, 0.1) is 6.61 Å². The summed E-state index contributed by atoms with van der Waals surface area (Å²) in [6, 6.07) is 7.45. The Morgan fingerprint density at radius 3 is 2.94 bits per heavy atom. The Morgan fingerprint density at radius 1 is 1.33 bits per heavy atom. The van der Waals surface area contributed by atoms with E-state index in [4.69, 9.17) is 19.9 Å². The molecule has 2 N–H and O–H groups in total. The zero-order valence-electron chi connectivity index (χ0n) is 10.4. The van der Waals surface area contributed by atoms with Gasteiger partial charge in [0.15, 0.2) is 5.79 Å². The lowest BCUT2D eigenvalue weighted by atomic mass is 10.2. The Kier molecular flexibility index (Phi) is 3.14. The molecule has 1 saturated heterocycles. The molecule has 1 aliphatic carbocycles. The van der Waals surface area contributed by atoms with Gasteiger partial charge in [-0.3, -0.25) is 0 Å². The van der Waals surface area contributed by atoms with Crippen molar-refractivity contribution in [2.45, 2.75) is 37.6 Å². The first-order valence-corrected chi connectivity index (χ1v) is 6.56. The second-order valence-electron chi connectivity index (χ2n) is 5.05. The van der Waals surface area contributed by atoms with E-state index in [-0.39, 0.29) is 11.9 Å². The molecule has 98 valence electrons. The Bertz CT molecular complexity index is 415. The van der Waals surface area contributed by atoms with Gasteiger partial charge < -0.3 is 19.9 Å². The topological polar surface area (TPSA) is 53.7 Å². The van der Waals surface area contributed by atoms with E-state index >= 15 is 0 Å². The molecule has 1 unspecified atom stereocenters. The van der Waals surface area contributed by atoms with E-state index in [0.717, 1.165) is 18.6 Å². The van der Waals surface area contributed by atoms with Crippen molar-refractivity contribution >= 4 is 5.69 Å². The normalized spacial score (nSPS) is 25.7. The van der Waals surface area contributed by atoms with Crippen molar-refractivity contribution < 1.29 is 14.2 Å². The number of nitrogen functional groups attached to an aromatic ring is 1. The van der Waals surface area contributed by atoms with Gasteiger partial charge in [0, 0.05) is 24.6 Å². The van der Waals surface area contributed by atoms with Crippen LogP contribution >= 0.6 is 0 Å². The van der Waals surface area contributed by atoms with Gasteiger partial charge in [-0.15, -0.1) is 0 Å². The van der Waals surface area contributed by atoms with Crippen LogP contribution in [0.3, 0.4) is 0 Å². The van der Waals surface area contributed by atoms with E-state index in [9.17, 15) is 0 Å². The monoisotopic (exact) mass is 249 g/mol. The van der Waals surface area contributed by atoms with Crippen LogP contribution in [0.15, 0.2) is 24.3 Å². The van der Waals surface area contributed by atoms with Crippen molar-refractivity contribution in [2.24, 2.45) is 0 Å². The summed E-state index contributed by atoms with van der Waals surface area (Å²) in [5.41, 5.74) is 6.41. The summed E-state index contributed by atoms with van der Waals surface area (Å²) in [5, 5.41) is 0. The molecule has 2 fully saturated rings. The summed E-state index contributed by atoms with van der Waals surface area (Å²) in [5.74, 6) is 0.481. The van der Waals surface area contributed by atoms with Crippen molar-refractivity contribution in [2.75, 3.05) is 18.9 Å². The van der Waals surface area contributed by atoms with Gasteiger partial charge in [-0.25, -0.2) is 0 Å². The Morgan fingerprint density at radius 2 is 2.17 bits per heavy atom. The maximum Gasteiger partial charge on any atom is 0.169 e. The van der Waals surface area contributed by atoms with Crippen molar-refractivity contribution in [3.63, 3.8) is 0 Å². The summed E-state index contributed by atoms with van der Waals surface area (Å²) in [4.78, 5) is 0. The lowest BCUT2D eigenvalue weighted by molar-refractivity contribution is -0.164. The van der Waals surface area contributed by atoms with Gasteiger partial charge >= 0.3 is 0 Å². The zero-order valence-corrected chi connectivity index (χ0v) is 10.4. The Balaban J connectivity index is 1.52. The standard InChI is InChI=1S/C14H19NO3/c15-11-4-3-5-12(8-11)16-9-13-10-17-14(18-13)6-1-2-7-14/h3-5,8,13H,1-2,6-7,9-10,15H2. The molecule has 3 rings (SSSR count). The molecule has 1 atom stereocenters. The highest BCUT2D eigenvalue weighted by atomic mass is 16.8. The van der Waals surface area contributed by atoms with E-state index in [2.05, 4.69) is 0 Å². The molecule has 1 heterocycles. The van der Waals surface area contributed by atoms with Crippen LogP contribution in [-0.4, -0.2) is 25.1 Å². The zero-order chi connectivity index (χ0) is 12.4. The molecule has 0 amide bonds. The largest absolute Gasteiger partial charge is 0.491 e. The molecule has 0 radical (unpaired) electrons. The molecule has 4 nitrogen and oxygen atoms in total. The van der Waals surface area contributed by atoms with E-state index in [1.54, 1.807) is 0 Å². The quantitative estimate of drug-likeness (QED) is 0.835. The highest BCUT2D eigenvalue weighted by Gasteiger charge is 2.43. The van der Waals surface area contributed by atoms with Crippen LogP contribution in [0, 0.1) is 0 Å². The summed E-state index contributed by atoms with van der Waals surface area (Å²) in [7, 11) is 0. The highest BCUT2D eigenvalue weighted by molar-refractivity contribution is 5.43. The fraction of sp³-hybridized carbons (Fsp3) is 0.571. The molecular weight excluding hydrogens is 230 g/mol. The van der Waals surface area contributed by atoms with Crippen LogP contribution in [0.1, 0.15) is 25.7 Å². The van der Waals surface area contributed by atoms with E-state index in [1.165, 1.54) is 12.8 Å². The first kappa shape index (κ1) is 11.8. The van der Waals surface area contributed by atoms with Crippen LogP contribution in [0.25, 0.3) is 0 Å². The van der Waals surface area contributed by atoms with Crippen LogP contribution in [-0.2, 0) is 9.47 Å². The second-order valence-corrected chi connectivity index (χ2v) is 5.05. The number of nitrogens with two attached hydrogens (primary N) is 1. The Labute approximate surface area is 107 Å². The lowest BCUT2D eigenvalue weighted by Crippen LogP contribution is -2.28. The van der Waals surface area contributed by atoms with Crippen molar-refractivity contribution in [1.82, 2.24) is 0 Å². The molecular formula is C14H19NO3. The van der Waals surface area contributed by atoms with Crippen LogP contribution in [0.4, 0.5) is 5.69 Å². The molecule has 1 saturated carbocycles. The summed E-state index contributed by atoms with van der Waals surface area (Å²) in [6.45, 7) is 1.15. The van der Waals surface area contributed by atoms with Gasteiger partial charge in [-0.2, -0.15) is 0 Å². The van der Waals surface area contributed by atoms with E-state index < -0.39 is 0 Å². The fourth-order valence-electron chi connectivity index (χ4n) is 2.67. The number of rotatable bonds is 3. The minimum absolute atomic E-state index is 0.0320. The van der Waals surface area contributed by atoms with Gasteiger partial charge in [-0.1, -0.05) is 6.07 Å². The average molecular weight is 249 g/mol. The molecule has 0 bridgehead atoms. The number of ether oxygens (including phenoxy) is 3. The van der Waals surface area contributed by atoms with Crippen LogP contribution < -0.4 is 10.5 Å². The van der Waals surface area contributed by atoms with E-state index in [1.807, 2.05) is 24.3 Å². The van der Waals surface area contributed by atoms with Crippen LogP contribution in [0.2, 0.25) is 0 Å². The van der Waals surface area contributed by atoms with Crippen molar-refractivity contribution in [3.8, 4) is 5.75 Å². The molecule has 1 aliphatic heterocycles. The maximum atomic E-state index is 5.98. The summed E-state index contributed by atoms with van der Waals surface area (Å²) in [6.07, 6.45) is 4.46. The smallest absolute Gasteiger partial charge is 0.169 e. The molecule has 2 aliphatic rings. The van der Waals surface area contributed by atoms with E-state index in [0.29, 0.717) is 18.9 Å². The number of hydrogen-bond donors (Lipinski definition) is 1. The van der Waals surface area contributed by atoms with Crippen molar-refractivity contribution in [3.05, 3.63) is 24.3 Å². The number of hydrogen-bond acceptors (Lipinski definition) is 4. The van der Waals surface area contributed by atoms with Crippen LogP contribution in [0.5, 0.6) is 5.75 Å². The first-order valence-electron chi connectivity index (χ1n) is 6.56. The Hall–Kier alpha value is -1.26. The fourth-order valence-corrected chi connectivity index (χ4v) is 2.67. The molecule has 18 heavy (non-hydrogen) atoms. The third-order valence-corrected chi connectivity index (χ3v) is 3.57. The average Bonchev–Trinajstić information content (AvgIpc) is 2.98. The predicted octanol–water partition coefficient (Wildman–Crippen LogP) is 2.33. The second kappa shape index (κ2) is 4.78. The van der Waals surface area contributed by atoms with Gasteiger partial charge in [0.2, 0.25) is 0 Å².